The van der Waals surface area contributed by atoms with Gasteiger partial charge in [-0.3, -0.25) is 4.79 Å². The number of carbonyl (C=O) groups excluding carboxylic acids is 1. The lowest BCUT2D eigenvalue weighted by Gasteiger charge is -2.26. The number of hydrogen-bond acceptors (Lipinski definition) is 5. The van der Waals surface area contributed by atoms with Crippen molar-refractivity contribution in [2.24, 2.45) is 0 Å². The summed E-state index contributed by atoms with van der Waals surface area (Å²) in [6.07, 6.45) is 0. The molecule has 1 aromatic carbocycles. The molecule has 0 radical (unpaired) electrons. The van der Waals surface area contributed by atoms with Crippen molar-refractivity contribution in [2.75, 3.05) is 24.7 Å². The Morgan fingerprint density at radius 1 is 1.14 bits per heavy atom. The van der Waals surface area contributed by atoms with Crippen molar-refractivity contribution in [3.8, 4) is 11.5 Å². The maximum absolute atomic E-state index is 12.7. The van der Waals surface area contributed by atoms with E-state index >= 15 is 0 Å². The van der Waals surface area contributed by atoms with E-state index in [-0.39, 0.29) is 11.0 Å². The lowest BCUT2D eigenvalue weighted by molar-refractivity contribution is 0.0989. The molecule has 0 aliphatic carbocycles. The number of Topliss-reactive ketones (excluding diaryl/α,β-unsaturated/α-hetero) is 1. The average Bonchev–Trinajstić information content (AvgIpc) is 2.49. The normalized spacial score (nSPS) is 21.9. The predicted octanol–water partition coefficient (Wildman–Crippen LogP) is 3.90. The van der Waals surface area contributed by atoms with Crippen LogP contribution in [-0.2, 0) is 0 Å². The molecule has 0 amide bonds. The number of hydrogen-bond donors (Lipinski definition) is 0. The van der Waals surface area contributed by atoms with Gasteiger partial charge in [0, 0.05) is 22.3 Å². The molecule has 2 unspecified atom stereocenters. The van der Waals surface area contributed by atoms with Crippen molar-refractivity contribution < 1.29 is 14.3 Å². The van der Waals surface area contributed by atoms with Crippen LogP contribution in [0.4, 0.5) is 0 Å². The highest BCUT2D eigenvalue weighted by molar-refractivity contribution is 8.07. The van der Waals surface area contributed by atoms with Crippen LogP contribution >= 0.6 is 23.5 Å². The molecule has 1 aliphatic rings. The third kappa shape index (κ3) is 4.10. The van der Waals surface area contributed by atoms with E-state index in [4.69, 9.17) is 9.47 Å². The zero-order valence-electron chi connectivity index (χ0n) is 12.8. The SMILES string of the molecule is CCOc1ccc(C(=O)C2SCCSC2C)cc1OCC. The Morgan fingerprint density at radius 3 is 2.48 bits per heavy atom. The highest BCUT2D eigenvalue weighted by Crippen LogP contribution is 2.35. The molecule has 0 spiro atoms. The molecular formula is C16H22O3S2. The van der Waals surface area contributed by atoms with Gasteiger partial charge in [-0.1, -0.05) is 6.92 Å². The van der Waals surface area contributed by atoms with Crippen LogP contribution in [0.3, 0.4) is 0 Å². The first-order valence-electron chi connectivity index (χ1n) is 7.34. The number of carbonyl (C=O) groups is 1. The quantitative estimate of drug-likeness (QED) is 0.741. The first kappa shape index (κ1) is 16.6. The summed E-state index contributed by atoms with van der Waals surface area (Å²) < 4.78 is 11.2. The summed E-state index contributed by atoms with van der Waals surface area (Å²) in [6.45, 7) is 7.14. The van der Waals surface area contributed by atoms with Gasteiger partial charge in [0.05, 0.1) is 18.5 Å². The maximum atomic E-state index is 12.7. The third-order valence-corrected chi connectivity index (χ3v) is 6.36. The summed E-state index contributed by atoms with van der Waals surface area (Å²) in [5.74, 6) is 3.73. The molecule has 2 atom stereocenters. The van der Waals surface area contributed by atoms with Gasteiger partial charge in [0.15, 0.2) is 17.3 Å². The van der Waals surface area contributed by atoms with Crippen LogP contribution < -0.4 is 9.47 Å². The molecule has 21 heavy (non-hydrogen) atoms. The molecule has 0 saturated carbocycles. The zero-order chi connectivity index (χ0) is 15.2. The molecule has 116 valence electrons. The van der Waals surface area contributed by atoms with E-state index in [2.05, 4.69) is 6.92 Å². The number of rotatable bonds is 6. The van der Waals surface area contributed by atoms with E-state index in [9.17, 15) is 4.79 Å². The second-order valence-corrected chi connectivity index (χ2v) is 7.49. The fraction of sp³-hybridized carbons (Fsp3) is 0.562. The van der Waals surface area contributed by atoms with Gasteiger partial charge in [0.25, 0.3) is 0 Å². The summed E-state index contributed by atoms with van der Waals surface area (Å²) in [6, 6.07) is 5.51. The van der Waals surface area contributed by atoms with E-state index < -0.39 is 0 Å². The number of ketones is 1. The van der Waals surface area contributed by atoms with E-state index in [1.54, 1.807) is 11.8 Å². The highest BCUT2D eigenvalue weighted by Gasteiger charge is 2.30. The Labute approximate surface area is 135 Å². The fourth-order valence-corrected chi connectivity index (χ4v) is 5.01. The largest absolute Gasteiger partial charge is 0.490 e. The second-order valence-electron chi connectivity index (χ2n) is 4.76. The van der Waals surface area contributed by atoms with E-state index in [0.717, 1.165) is 11.5 Å². The van der Waals surface area contributed by atoms with Crippen molar-refractivity contribution in [1.29, 1.82) is 0 Å². The standard InChI is InChI=1S/C16H22O3S2/c1-4-18-13-7-6-12(10-14(13)19-5-2)15(17)16-11(3)20-8-9-21-16/h6-7,10-11,16H,4-5,8-9H2,1-3H3. The Hall–Kier alpha value is -0.810. The first-order chi connectivity index (χ1) is 10.2. The van der Waals surface area contributed by atoms with Crippen molar-refractivity contribution in [3.05, 3.63) is 23.8 Å². The van der Waals surface area contributed by atoms with Crippen molar-refractivity contribution in [2.45, 2.75) is 31.3 Å². The summed E-state index contributed by atoms with van der Waals surface area (Å²) in [4.78, 5) is 12.7. The smallest absolute Gasteiger partial charge is 0.177 e. The summed E-state index contributed by atoms with van der Waals surface area (Å²) in [5, 5.41) is 0.398. The van der Waals surface area contributed by atoms with Gasteiger partial charge < -0.3 is 9.47 Å². The summed E-state index contributed by atoms with van der Waals surface area (Å²) >= 11 is 3.64. The van der Waals surface area contributed by atoms with Gasteiger partial charge >= 0.3 is 0 Å². The third-order valence-electron chi connectivity index (χ3n) is 3.27. The first-order valence-corrected chi connectivity index (χ1v) is 9.44. The maximum Gasteiger partial charge on any atom is 0.177 e. The van der Waals surface area contributed by atoms with Gasteiger partial charge in [0.2, 0.25) is 0 Å². The Morgan fingerprint density at radius 2 is 1.81 bits per heavy atom. The molecule has 2 rings (SSSR count). The van der Waals surface area contributed by atoms with Gasteiger partial charge in [-0.15, -0.1) is 11.8 Å². The molecule has 1 heterocycles. The van der Waals surface area contributed by atoms with Crippen LogP contribution in [0.25, 0.3) is 0 Å². The molecule has 1 aliphatic heterocycles. The van der Waals surface area contributed by atoms with Crippen molar-refractivity contribution >= 4 is 29.3 Å². The molecular weight excluding hydrogens is 304 g/mol. The molecule has 0 aromatic heterocycles. The Kier molecular flexibility index (Phi) is 6.30. The molecule has 1 aromatic rings. The van der Waals surface area contributed by atoms with E-state index in [0.29, 0.717) is 35.5 Å². The molecule has 0 bridgehead atoms. The van der Waals surface area contributed by atoms with Gasteiger partial charge in [-0.05, 0) is 32.0 Å². The minimum absolute atomic E-state index is 0.0381. The van der Waals surface area contributed by atoms with E-state index in [1.807, 2.05) is 43.8 Å². The number of benzene rings is 1. The highest BCUT2D eigenvalue weighted by atomic mass is 32.2. The second kappa shape index (κ2) is 7.99. The van der Waals surface area contributed by atoms with Gasteiger partial charge in [-0.25, -0.2) is 0 Å². The van der Waals surface area contributed by atoms with Crippen LogP contribution in [-0.4, -0.2) is 41.0 Å². The van der Waals surface area contributed by atoms with E-state index in [1.165, 1.54) is 0 Å². The summed E-state index contributed by atoms with van der Waals surface area (Å²) in [5.41, 5.74) is 0.716. The predicted molar refractivity (Wildman–Crippen MR) is 91.3 cm³/mol. The Balaban J connectivity index is 2.22. The minimum Gasteiger partial charge on any atom is -0.490 e. The molecule has 1 saturated heterocycles. The molecule has 0 N–H and O–H groups in total. The summed E-state index contributed by atoms with van der Waals surface area (Å²) in [7, 11) is 0. The Bertz CT molecular complexity index is 490. The topological polar surface area (TPSA) is 35.5 Å². The van der Waals surface area contributed by atoms with Crippen LogP contribution in [0.5, 0.6) is 11.5 Å². The van der Waals surface area contributed by atoms with Crippen molar-refractivity contribution in [1.82, 2.24) is 0 Å². The van der Waals surface area contributed by atoms with Gasteiger partial charge in [-0.2, -0.15) is 11.8 Å². The lowest BCUT2D eigenvalue weighted by atomic mass is 10.1. The fourth-order valence-electron chi connectivity index (χ4n) is 2.29. The molecule has 3 nitrogen and oxygen atoms in total. The number of ether oxygens (including phenoxy) is 2. The van der Waals surface area contributed by atoms with Gasteiger partial charge in [0.1, 0.15) is 0 Å². The van der Waals surface area contributed by atoms with Crippen molar-refractivity contribution in [3.63, 3.8) is 0 Å². The van der Waals surface area contributed by atoms with Crippen LogP contribution in [0.1, 0.15) is 31.1 Å². The molecule has 1 fully saturated rings. The average molecular weight is 326 g/mol. The van der Waals surface area contributed by atoms with Crippen LogP contribution in [0.2, 0.25) is 0 Å². The minimum atomic E-state index is 0.0381. The molecule has 5 heteroatoms. The zero-order valence-corrected chi connectivity index (χ0v) is 14.4. The number of thioether (sulfide) groups is 2. The van der Waals surface area contributed by atoms with Crippen LogP contribution in [0.15, 0.2) is 18.2 Å². The lowest BCUT2D eigenvalue weighted by Crippen LogP contribution is -2.31. The monoisotopic (exact) mass is 326 g/mol. The van der Waals surface area contributed by atoms with Crippen LogP contribution in [0, 0.1) is 0 Å².